The molecule has 0 saturated carbocycles. The normalized spacial score (nSPS) is 14.8. The molecule has 1 fully saturated rings. The van der Waals surface area contributed by atoms with Crippen LogP contribution in [0.15, 0.2) is 42.5 Å². The first-order chi connectivity index (χ1) is 15.8. The predicted molar refractivity (Wildman–Crippen MR) is 133 cm³/mol. The Bertz CT molecular complexity index is 915. The zero-order valence-electron chi connectivity index (χ0n) is 20.5. The number of para-hydroxylation sites is 1. The van der Waals surface area contributed by atoms with Crippen molar-refractivity contribution in [2.24, 2.45) is 0 Å². The Hall–Kier alpha value is -2.73. The predicted octanol–water partition coefficient (Wildman–Crippen LogP) is 4.85. The quantitative estimate of drug-likeness (QED) is 0.432. The maximum absolute atomic E-state index is 12.3. The van der Waals surface area contributed by atoms with E-state index in [-0.39, 0.29) is 17.1 Å². The molecular formula is C27H38N2O4. The summed E-state index contributed by atoms with van der Waals surface area (Å²) in [5, 5.41) is 9.83. The van der Waals surface area contributed by atoms with Crippen LogP contribution in [0.1, 0.15) is 56.5 Å². The average Bonchev–Trinajstić information content (AvgIpc) is 2.79. The minimum atomic E-state index is -0.251. The standard InChI is InChI=1S/C27H38N2O4/c1-5-32-26(31)22-10-6-7-11-24(22)29-17-15-28(16-18-29)14-8-9-19-33-25-13-12-21(30)20-23(25)27(2,3)4/h6-7,10-13,20,30H,5,8-9,14-19H2,1-4H3. The van der Waals surface area contributed by atoms with Gasteiger partial charge in [0.1, 0.15) is 11.5 Å². The van der Waals surface area contributed by atoms with E-state index in [1.807, 2.05) is 37.3 Å². The summed E-state index contributed by atoms with van der Waals surface area (Å²) in [7, 11) is 0. The number of benzene rings is 2. The van der Waals surface area contributed by atoms with Crippen LogP contribution in [0.2, 0.25) is 0 Å². The van der Waals surface area contributed by atoms with Gasteiger partial charge in [0.2, 0.25) is 0 Å². The number of esters is 1. The van der Waals surface area contributed by atoms with Crippen molar-refractivity contribution in [2.75, 3.05) is 50.8 Å². The summed E-state index contributed by atoms with van der Waals surface area (Å²) in [5.74, 6) is 0.879. The molecular weight excluding hydrogens is 416 g/mol. The van der Waals surface area contributed by atoms with Crippen molar-refractivity contribution in [3.8, 4) is 11.5 Å². The molecule has 33 heavy (non-hydrogen) atoms. The summed E-state index contributed by atoms with van der Waals surface area (Å²) in [6, 6.07) is 13.1. The van der Waals surface area contributed by atoms with E-state index >= 15 is 0 Å². The molecule has 0 atom stereocenters. The number of hydrogen-bond acceptors (Lipinski definition) is 6. The molecule has 1 aliphatic rings. The number of phenols is 1. The molecule has 1 heterocycles. The van der Waals surface area contributed by atoms with Crippen LogP contribution >= 0.6 is 0 Å². The van der Waals surface area contributed by atoms with E-state index in [2.05, 4.69) is 30.6 Å². The maximum Gasteiger partial charge on any atom is 0.340 e. The lowest BCUT2D eigenvalue weighted by Gasteiger charge is -2.36. The zero-order chi connectivity index (χ0) is 23.8. The fraction of sp³-hybridized carbons (Fsp3) is 0.519. The van der Waals surface area contributed by atoms with Crippen molar-refractivity contribution >= 4 is 11.7 Å². The summed E-state index contributed by atoms with van der Waals surface area (Å²) < 4.78 is 11.3. The topological polar surface area (TPSA) is 62.2 Å². The lowest BCUT2D eigenvalue weighted by Crippen LogP contribution is -2.47. The van der Waals surface area contributed by atoms with Gasteiger partial charge in [0.15, 0.2) is 0 Å². The number of piperazine rings is 1. The summed E-state index contributed by atoms with van der Waals surface area (Å²) in [5.41, 5.74) is 2.56. The van der Waals surface area contributed by atoms with Crippen molar-refractivity contribution in [3.63, 3.8) is 0 Å². The molecule has 1 aliphatic heterocycles. The maximum atomic E-state index is 12.3. The molecule has 0 unspecified atom stereocenters. The van der Waals surface area contributed by atoms with Gasteiger partial charge >= 0.3 is 5.97 Å². The average molecular weight is 455 g/mol. The van der Waals surface area contributed by atoms with Gasteiger partial charge in [-0.3, -0.25) is 4.90 Å². The molecule has 1 saturated heterocycles. The van der Waals surface area contributed by atoms with E-state index in [0.29, 0.717) is 18.8 Å². The minimum absolute atomic E-state index is 0.0837. The molecule has 0 radical (unpaired) electrons. The molecule has 6 heteroatoms. The number of nitrogens with zero attached hydrogens (tertiary/aromatic N) is 2. The van der Waals surface area contributed by atoms with Crippen LogP contribution in [-0.2, 0) is 10.2 Å². The van der Waals surface area contributed by atoms with E-state index in [4.69, 9.17) is 9.47 Å². The first-order valence-corrected chi connectivity index (χ1v) is 12.0. The third-order valence-electron chi connectivity index (χ3n) is 6.01. The number of unbranched alkanes of at least 4 members (excludes halogenated alkanes) is 1. The molecule has 0 aliphatic carbocycles. The molecule has 2 aromatic rings. The lowest BCUT2D eigenvalue weighted by molar-refractivity contribution is 0.0527. The van der Waals surface area contributed by atoms with Gasteiger partial charge in [-0.05, 0) is 62.1 Å². The minimum Gasteiger partial charge on any atom is -0.508 e. The smallest absolute Gasteiger partial charge is 0.340 e. The zero-order valence-corrected chi connectivity index (χ0v) is 20.5. The van der Waals surface area contributed by atoms with Crippen LogP contribution in [0.3, 0.4) is 0 Å². The lowest BCUT2D eigenvalue weighted by atomic mass is 9.86. The highest BCUT2D eigenvalue weighted by molar-refractivity contribution is 5.95. The molecule has 180 valence electrons. The van der Waals surface area contributed by atoms with Gasteiger partial charge in [-0.2, -0.15) is 0 Å². The van der Waals surface area contributed by atoms with Crippen LogP contribution in [-0.4, -0.2) is 61.9 Å². The number of phenolic OH excluding ortho intramolecular Hbond substituents is 1. The third-order valence-corrected chi connectivity index (χ3v) is 6.01. The molecule has 0 aromatic heterocycles. The van der Waals surface area contributed by atoms with Crippen molar-refractivity contribution in [1.82, 2.24) is 4.90 Å². The SMILES string of the molecule is CCOC(=O)c1ccccc1N1CCN(CCCCOc2ccc(O)cc2C(C)(C)C)CC1. The fourth-order valence-electron chi connectivity index (χ4n) is 4.19. The highest BCUT2D eigenvalue weighted by Gasteiger charge is 2.22. The molecule has 2 aromatic carbocycles. The van der Waals surface area contributed by atoms with Gasteiger partial charge in [-0.25, -0.2) is 4.79 Å². The van der Waals surface area contributed by atoms with Gasteiger partial charge in [0.05, 0.1) is 24.5 Å². The van der Waals surface area contributed by atoms with E-state index in [1.54, 1.807) is 12.1 Å². The molecule has 0 bridgehead atoms. The third kappa shape index (κ3) is 6.87. The first kappa shape index (κ1) is 24.9. The second-order valence-electron chi connectivity index (χ2n) is 9.55. The summed E-state index contributed by atoms with van der Waals surface area (Å²) in [6.07, 6.45) is 2.05. The van der Waals surface area contributed by atoms with Crippen molar-refractivity contribution in [2.45, 2.75) is 46.0 Å². The van der Waals surface area contributed by atoms with Crippen LogP contribution in [0.4, 0.5) is 5.69 Å². The summed E-state index contributed by atoms with van der Waals surface area (Å²) in [4.78, 5) is 17.0. The first-order valence-electron chi connectivity index (χ1n) is 12.0. The second kappa shape index (κ2) is 11.4. The number of carbonyl (C=O) groups is 1. The molecule has 6 nitrogen and oxygen atoms in total. The van der Waals surface area contributed by atoms with Gasteiger partial charge in [-0.15, -0.1) is 0 Å². The number of rotatable bonds is 9. The van der Waals surface area contributed by atoms with Gasteiger partial charge in [0, 0.05) is 31.7 Å². The Balaban J connectivity index is 1.42. The van der Waals surface area contributed by atoms with E-state index in [1.165, 1.54) is 0 Å². The van der Waals surface area contributed by atoms with Crippen molar-refractivity contribution < 1.29 is 19.4 Å². The van der Waals surface area contributed by atoms with Crippen LogP contribution in [0.5, 0.6) is 11.5 Å². The molecule has 1 N–H and O–H groups in total. The fourth-order valence-corrected chi connectivity index (χ4v) is 4.19. The van der Waals surface area contributed by atoms with E-state index in [9.17, 15) is 9.90 Å². The highest BCUT2D eigenvalue weighted by Crippen LogP contribution is 2.34. The number of hydrogen-bond donors (Lipinski definition) is 1. The number of aromatic hydroxyl groups is 1. The van der Waals surface area contributed by atoms with E-state index in [0.717, 1.165) is 62.6 Å². The van der Waals surface area contributed by atoms with Crippen LogP contribution in [0, 0.1) is 0 Å². The monoisotopic (exact) mass is 454 g/mol. The number of carbonyl (C=O) groups excluding carboxylic acids is 1. The second-order valence-corrected chi connectivity index (χ2v) is 9.55. The Labute approximate surface area is 198 Å². The Morgan fingerprint density at radius 1 is 1.03 bits per heavy atom. The van der Waals surface area contributed by atoms with E-state index < -0.39 is 0 Å². The van der Waals surface area contributed by atoms with Crippen LogP contribution in [0.25, 0.3) is 0 Å². The van der Waals surface area contributed by atoms with Crippen LogP contribution < -0.4 is 9.64 Å². The summed E-state index contributed by atoms with van der Waals surface area (Å²) >= 11 is 0. The van der Waals surface area contributed by atoms with Crippen molar-refractivity contribution in [3.05, 3.63) is 53.6 Å². The Morgan fingerprint density at radius 2 is 1.76 bits per heavy atom. The van der Waals surface area contributed by atoms with Crippen molar-refractivity contribution in [1.29, 1.82) is 0 Å². The van der Waals surface area contributed by atoms with Gasteiger partial charge in [-0.1, -0.05) is 32.9 Å². The summed E-state index contributed by atoms with van der Waals surface area (Å²) in [6.45, 7) is 14.0. The molecule has 0 spiro atoms. The molecule has 3 rings (SSSR count). The number of anilines is 1. The Kier molecular flexibility index (Phi) is 8.61. The Morgan fingerprint density at radius 3 is 2.45 bits per heavy atom. The highest BCUT2D eigenvalue weighted by atomic mass is 16.5. The van der Waals surface area contributed by atoms with Gasteiger partial charge < -0.3 is 19.5 Å². The largest absolute Gasteiger partial charge is 0.508 e. The van der Waals surface area contributed by atoms with Gasteiger partial charge in [0.25, 0.3) is 0 Å². The number of ether oxygens (including phenoxy) is 2. The molecule has 0 amide bonds.